The predicted molar refractivity (Wildman–Crippen MR) is 123 cm³/mol. The van der Waals surface area contributed by atoms with Gasteiger partial charge in [0.2, 0.25) is 0 Å². The minimum atomic E-state index is -2.10. The SMILES string of the molecule is CC(C)(C)P(C(C)(C)C)[Si](C)(C)C1=[C]([Cr]([CH3])([CH3])([CH3])[CH3])CC=C1.Cl.Cl. The third-order valence-corrected chi connectivity index (χ3v) is 22.1. The number of hydrogen-bond acceptors (Lipinski definition) is 0. The van der Waals surface area contributed by atoms with Crippen LogP contribution in [0.1, 0.15) is 48.0 Å². The summed E-state index contributed by atoms with van der Waals surface area (Å²) in [5, 5.41) is 2.65. The standard InChI is InChI=1S/C15H28PSi.4CH3.2ClH.Cr/c1-14(2,3)16(15(4,5)6)17(7,8)13-11-9-10-12-13;;;;;;;/h9,11H,10H2,1-8H3;4*1H3;2*1H;. The zero-order valence-electron chi connectivity index (χ0n) is 18.0. The summed E-state index contributed by atoms with van der Waals surface area (Å²) in [6.07, 6.45) is 6.21. The van der Waals surface area contributed by atoms with Gasteiger partial charge in [0.25, 0.3) is 0 Å². The summed E-state index contributed by atoms with van der Waals surface area (Å²) in [4.78, 5) is 0. The largest absolute Gasteiger partial charge is 0.147 e. The summed E-state index contributed by atoms with van der Waals surface area (Å²) in [6, 6.07) is 0. The molecule has 0 saturated heterocycles. The molecule has 0 fully saturated rings. The molecular formula is C19H42Cl2CrPSi. The molecule has 0 aromatic heterocycles. The van der Waals surface area contributed by atoms with Crippen LogP contribution in [-0.2, 0) is 12.0 Å². The average Bonchev–Trinajstić information content (AvgIpc) is 2.56. The van der Waals surface area contributed by atoms with Crippen molar-refractivity contribution >= 4 is 40.0 Å². The van der Waals surface area contributed by atoms with Crippen molar-refractivity contribution in [2.45, 2.75) is 94.5 Å². The van der Waals surface area contributed by atoms with Crippen molar-refractivity contribution in [1.82, 2.24) is 0 Å². The molecule has 5 heteroatoms. The summed E-state index contributed by atoms with van der Waals surface area (Å²) >= 11 is -2.10. The maximum atomic E-state index is 2.66. The van der Waals surface area contributed by atoms with Gasteiger partial charge in [-0.05, 0) is 0 Å². The van der Waals surface area contributed by atoms with Crippen LogP contribution in [-0.4, -0.2) is 18.1 Å². The Morgan fingerprint density at radius 1 is 0.875 bits per heavy atom. The second kappa shape index (κ2) is 7.70. The fraction of sp³-hybridized carbons (Fsp3) is 0.789. The van der Waals surface area contributed by atoms with Crippen LogP contribution >= 0.6 is 32.3 Å². The molecule has 1 rings (SSSR count). The Hall–Kier alpha value is 1.24. The molecule has 1 aliphatic carbocycles. The normalized spacial score (nSPS) is 18.1. The maximum absolute atomic E-state index is 2.66. The van der Waals surface area contributed by atoms with Gasteiger partial charge in [0, 0.05) is 0 Å². The van der Waals surface area contributed by atoms with E-state index in [-0.39, 0.29) is 32.3 Å². The zero-order valence-corrected chi connectivity index (χ0v) is 22.8. The van der Waals surface area contributed by atoms with Crippen LogP contribution in [0.5, 0.6) is 0 Å². The molecule has 0 aromatic carbocycles. The summed E-state index contributed by atoms with van der Waals surface area (Å²) in [6.45, 7) is 20.2. The minimum absolute atomic E-state index is 0. The van der Waals surface area contributed by atoms with E-state index in [1.54, 1.807) is 0 Å². The molecule has 0 saturated carbocycles. The second-order valence-electron chi connectivity index (χ2n) is 10.9. The molecule has 0 amide bonds. The molecule has 0 bridgehead atoms. The molecule has 0 N–H and O–H groups in total. The number of allylic oxidation sites excluding steroid dienone is 4. The molecule has 0 aromatic rings. The van der Waals surface area contributed by atoms with Gasteiger partial charge < -0.3 is 0 Å². The molecule has 0 heterocycles. The Kier molecular flexibility index (Phi) is 8.81. The molecule has 0 nitrogen and oxygen atoms in total. The Balaban J connectivity index is 0. The molecular weight excluding hydrogens is 410 g/mol. The smallest absolute Gasteiger partial charge is 0.147 e. The van der Waals surface area contributed by atoms with Crippen LogP contribution in [0.4, 0.5) is 0 Å². The van der Waals surface area contributed by atoms with Gasteiger partial charge in [-0.3, -0.25) is 0 Å². The van der Waals surface area contributed by atoms with Gasteiger partial charge in [0.05, 0.1) is 0 Å². The third-order valence-electron chi connectivity index (χ3n) is 4.43. The van der Waals surface area contributed by atoms with Gasteiger partial charge in [0.1, 0.15) is 0 Å². The van der Waals surface area contributed by atoms with E-state index >= 15 is 0 Å². The van der Waals surface area contributed by atoms with Crippen LogP contribution in [0.2, 0.25) is 36.2 Å². The zero-order chi connectivity index (χ0) is 17.8. The number of rotatable bonds is 3. The molecule has 0 radical (unpaired) electrons. The van der Waals surface area contributed by atoms with Gasteiger partial charge in [0.15, 0.2) is 0 Å². The van der Waals surface area contributed by atoms with Gasteiger partial charge in [-0.1, -0.05) is 0 Å². The van der Waals surface area contributed by atoms with Gasteiger partial charge >= 0.3 is 144 Å². The van der Waals surface area contributed by atoms with Crippen LogP contribution in [0.25, 0.3) is 0 Å². The van der Waals surface area contributed by atoms with Gasteiger partial charge in [-0.25, -0.2) is 0 Å². The van der Waals surface area contributed by atoms with E-state index in [1.165, 1.54) is 6.42 Å². The van der Waals surface area contributed by atoms with E-state index in [2.05, 4.69) is 89.9 Å². The van der Waals surface area contributed by atoms with E-state index in [4.69, 9.17) is 0 Å². The fourth-order valence-corrected chi connectivity index (χ4v) is 28.9. The summed E-state index contributed by atoms with van der Waals surface area (Å²) in [5.74, 6) is 10.3. The van der Waals surface area contributed by atoms with Crippen molar-refractivity contribution < 1.29 is 12.0 Å². The third kappa shape index (κ3) is 6.15. The van der Waals surface area contributed by atoms with Crippen LogP contribution in [0.15, 0.2) is 21.8 Å². The Morgan fingerprint density at radius 2 is 1.25 bits per heavy atom. The van der Waals surface area contributed by atoms with E-state index < -0.39 is 19.7 Å². The Bertz CT molecular complexity index is 491. The predicted octanol–water partition coefficient (Wildman–Crippen LogP) is 8.75. The monoisotopic (exact) mass is 451 g/mol. The Morgan fingerprint density at radius 3 is 1.54 bits per heavy atom. The molecule has 147 valence electrons. The van der Waals surface area contributed by atoms with Gasteiger partial charge in [-0.2, -0.15) is 0 Å². The number of hydrogen-bond donors (Lipinski definition) is 0. The first kappa shape index (κ1) is 27.5. The van der Waals surface area contributed by atoms with Crippen LogP contribution < -0.4 is 0 Å². The molecule has 1 aliphatic rings. The summed E-state index contributed by atoms with van der Waals surface area (Å²) in [5.41, 5.74) is 0. The van der Waals surface area contributed by atoms with Crippen molar-refractivity contribution in [2.75, 3.05) is 0 Å². The van der Waals surface area contributed by atoms with Crippen molar-refractivity contribution in [3.63, 3.8) is 0 Å². The maximum Gasteiger partial charge on any atom is -0.147 e. The number of halogens is 2. The molecule has 0 spiro atoms. The fourth-order valence-electron chi connectivity index (χ4n) is 4.61. The topological polar surface area (TPSA) is 0 Å². The first-order valence-corrected chi connectivity index (χ1v) is 19.3. The van der Waals surface area contributed by atoms with E-state index in [0.29, 0.717) is 10.3 Å². The van der Waals surface area contributed by atoms with Crippen molar-refractivity contribution in [2.24, 2.45) is 0 Å². The first-order chi connectivity index (χ1) is 9.35. The van der Waals surface area contributed by atoms with Gasteiger partial charge in [-0.15, -0.1) is 24.8 Å². The minimum Gasteiger partial charge on any atom is -0.147 e. The molecule has 0 unspecified atom stereocenters. The van der Waals surface area contributed by atoms with E-state index in [9.17, 15) is 0 Å². The quantitative estimate of drug-likeness (QED) is 0.297. The van der Waals surface area contributed by atoms with Crippen molar-refractivity contribution in [3.05, 3.63) is 21.8 Å². The molecule has 24 heavy (non-hydrogen) atoms. The van der Waals surface area contributed by atoms with Crippen LogP contribution in [0, 0.1) is 0 Å². The van der Waals surface area contributed by atoms with E-state index in [0.717, 1.165) is 0 Å². The summed E-state index contributed by atoms with van der Waals surface area (Å²) in [7, 11) is -1.53. The Labute approximate surface area is 167 Å². The first-order valence-electron chi connectivity index (χ1n) is 8.39. The average molecular weight is 453 g/mol. The molecule has 0 atom stereocenters. The van der Waals surface area contributed by atoms with Crippen molar-refractivity contribution in [1.29, 1.82) is 0 Å². The second-order valence-corrected chi connectivity index (χ2v) is 33.6. The van der Waals surface area contributed by atoms with Crippen LogP contribution in [0.3, 0.4) is 0 Å². The molecule has 0 aliphatic heterocycles. The van der Waals surface area contributed by atoms with Crippen molar-refractivity contribution in [3.8, 4) is 0 Å². The van der Waals surface area contributed by atoms with E-state index in [1.807, 2.05) is 9.63 Å². The summed E-state index contributed by atoms with van der Waals surface area (Å²) < 4.78 is 1.86.